The molecule has 0 saturated heterocycles. The summed E-state index contributed by atoms with van der Waals surface area (Å²) in [5.41, 5.74) is 3.94. The highest BCUT2D eigenvalue weighted by atomic mass is 35.5. The van der Waals surface area contributed by atoms with Crippen LogP contribution in [0.4, 0.5) is 5.69 Å². The Kier molecular flexibility index (Phi) is 5.81. The number of furan rings is 1. The van der Waals surface area contributed by atoms with Crippen LogP contribution in [0.2, 0.25) is 5.02 Å². The molecule has 3 heterocycles. The van der Waals surface area contributed by atoms with Gasteiger partial charge in [0.2, 0.25) is 0 Å². The highest BCUT2D eigenvalue weighted by Gasteiger charge is 2.32. The molecular formula is C26H20ClN3O3S. The van der Waals surface area contributed by atoms with Crippen molar-refractivity contribution in [2.75, 3.05) is 5.32 Å². The van der Waals surface area contributed by atoms with E-state index in [1.54, 1.807) is 48.3 Å². The predicted octanol–water partition coefficient (Wildman–Crippen LogP) is 4.43. The van der Waals surface area contributed by atoms with Gasteiger partial charge in [0, 0.05) is 16.3 Å². The third kappa shape index (κ3) is 4.04. The lowest BCUT2D eigenvalue weighted by molar-refractivity contribution is -0.113. The van der Waals surface area contributed by atoms with E-state index in [4.69, 9.17) is 16.0 Å². The molecule has 0 fully saturated rings. The van der Waals surface area contributed by atoms with Crippen LogP contribution in [0.3, 0.4) is 0 Å². The maximum absolute atomic E-state index is 13.6. The minimum Gasteiger partial charge on any atom is -0.472 e. The number of aryl methyl sites for hydroxylation is 1. The molecule has 1 amide bonds. The maximum atomic E-state index is 13.6. The lowest BCUT2D eigenvalue weighted by Crippen LogP contribution is -2.40. The Labute approximate surface area is 204 Å². The largest absolute Gasteiger partial charge is 0.472 e. The molecule has 5 rings (SSSR count). The van der Waals surface area contributed by atoms with Gasteiger partial charge in [-0.05, 0) is 55.3 Å². The third-order valence-corrected chi connectivity index (χ3v) is 6.92. The molecule has 34 heavy (non-hydrogen) atoms. The molecule has 2 aromatic carbocycles. The SMILES string of the molecule is CC1=C(C(=O)Nc2ccccc2C)[C@H](c2ccc(Cl)cc2)n2c(s/c(=C/c3ccoc3)c2=O)=N1. The van der Waals surface area contributed by atoms with Crippen LogP contribution in [0, 0.1) is 6.92 Å². The van der Waals surface area contributed by atoms with E-state index in [-0.39, 0.29) is 11.5 Å². The molecular weight excluding hydrogens is 470 g/mol. The molecule has 0 bridgehead atoms. The van der Waals surface area contributed by atoms with Crippen molar-refractivity contribution >= 4 is 40.6 Å². The molecule has 0 saturated carbocycles. The molecule has 0 spiro atoms. The molecule has 2 aromatic heterocycles. The number of rotatable bonds is 4. The van der Waals surface area contributed by atoms with Crippen molar-refractivity contribution < 1.29 is 9.21 Å². The van der Waals surface area contributed by atoms with Gasteiger partial charge in [-0.15, -0.1) is 0 Å². The number of hydrogen-bond donors (Lipinski definition) is 1. The molecule has 0 radical (unpaired) electrons. The fourth-order valence-corrected chi connectivity index (χ4v) is 5.16. The van der Waals surface area contributed by atoms with Crippen molar-refractivity contribution in [1.82, 2.24) is 4.57 Å². The summed E-state index contributed by atoms with van der Waals surface area (Å²) in [6.45, 7) is 3.72. The van der Waals surface area contributed by atoms with Crippen LogP contribution >= 0.6 is 22.9 Å². The minimum atomic E-state index is -0.649. The van der Waals surface area contributed by atoms with E-state index in [0.29, 0.717) is 31.3 Å². The van der Waals surface area contributed by atoms with E-state index in [1.165, 1.54) is 11.3 Å². The molecule has 1 N–H and O–H groups in total. The second-order valence-electron chi connectivity index (χ2n) is 7.96. The van der Waals surface area contributed by atoms with Crippen molar-refractivity contribution in [2.24, 2.45) is 4.99 Å². The molecule has 8 heteroatoms. The van der Waals surface area contributed by atoms with Gasteiger partial charge >= 0.3 is 0 Å². The highest BCUT2D eigenvalue weighted by molar-refractivity contribution is 7.07. The number of fused-ring (bicyclic) bond motifs is 1. The van der Waals surface area contributed by atoms with Gasteiger partial charge in [-0.1, -0.05) is 53.3 Å². The zero-order chi connectivity index (χ0) is 23.8. The first kappa shape index (κ1) is 22.1. The first-order valence-electron chi connectivity index (χ1n) is 10.6. The quantitative estimate of drug-likeness (QED) is 0.460. The highest BCUT2D eigenvalue weighted by Crippen LogP contribution is 2.31. The number of nitrogens with zero attached hydrogens (tertiary/aromatic N) is 2. The Bertz CT molecular complexity index is 1600. The summed E-state index contributed by atoms with van der Waals surface area (Å²) in [5, 5.41) is 3.57. The summed E-state index contributed by atoms with van der Waals surface area (Å²) >= 11 is 7.41. The number of amides is 1. The van der Waals surface area contributed by atoms with Crippen molar-refractivity contribution in [3.05, 3.63) is 120 Å². The Morgan fingerprint density at radius 2 is 1.91 bits per heavy atom. The van der Waals surface area contributed by atoms with Gasteiger partial charge in [-0.2, -0.15) is 0 Å². The van der Waals surface area contributed by atoms with Gasteiger partial charge in [-0.25, -0.2) is 4.99 Å². The number of para-hydroxylation sites is 1. The fraction of sp³-hybridized carbons (Fsp3) is 0.115. The number of carbonyl (C=O) groups is 1. The smallest absolute Gasteiger partial charge is 0.271 e. The van der Waals surface area contributed by atoms with Gasteiger partial charge in [0.25, 0.3) is 11.5 Å². The van der Waals surface area contributed by atoms with E-state index >= 15 is 0 Å². The molecule has 170 valence electrons. The summed E-state index contributed by atoms with van der Waals surface area (Å²) in [6, 6.07) is 15.9. The van der Waals surface area contributed by atoms with Crippen molar-refractivity contribution in [1.29, 1.82) is 0 Å². The number of thiazole rings is 1. The third-order valence-electron chi connectivity index (χ3n) is 5.69. The lowest BCUT2D eigenvalue weighted by Gasteiger charge is -2.25. The van der Waals surface area contributed by atoms with E-state index < -0.39 is 6.04 Å². The van der Waals surface area contributed by atoms with Crippen molar-refractivity contribution in [3.63, 3.8) is 0 Å². The summed E-state index contributed by atoms with van der Waals surface area (Å²) < 4.78 is 7.22. The number of nitrogens with one attached hydrogen (secondary N) is 1. The Morgan fingerprint density at radius 3 is 2.62 bits per heavy atom. The van der Waals surface area contributed by atoms with Crippen molar-refractivity contribution in [2.45, 2.75) is 19.9 Å². The van der Waals surface area contributed by atoms with Crippen LogP contribution in [-0.4, -0.2) is 10.5 Å². The molecule has 0 aliphatic carbocycles. The molecule has 1 atom stereocenters. The maximum Gasteiger partial charge on any atom is 0.271 e. The van der Waals surface area contributed by atoms with Crippen LogP contribution in [-0.2, 0) is 4.79 Å². The molecule has 4 aromatic rings. The topological polar surface area (TPSA) is 76.6 Å². The van der Waals surface area contributed by atoms with Crippen LogP contribution in [0.5, 0.6) is 0 Å². The van der Waals surface area contributed by atoms with Gasteiger partial charge in [0.15, 0.2) is 4.80 Å². The number of anilines is 1. The Morgan fingerprint density at radius 1 is 1.15 bits per heavy atom. The zero-order valence-electron chi connectivity index (χ0n) is 18.4. The standard InChI is InChI=1S/C26H20ClN3O3S/c1-15-5-3-4-6-20(15)29-24(31)22-16(2)28-26-30(23(22)18-7-9-19(27)10-8-18)25(32)21(34-26)13-17-11-12-33-14-17/h3-14,23H,1-2H3,(H,29,31)/b21-13+/t23-/m0/s1. The number of allylic oxidation sites excluding steroid dienone is 1. The normalized spacial score (nSPS) is 15.7. The summed E-state index contributed by atoms with van der Waals surface area (Å²) in [7, 11) is 0. The van der Waals surface area contributed by atoms with Gasteiger partial charge in [-0.3, -0.25) is 14.2 Å². The first-order chi connectivity index (χ1) is 16.4. The summed E-state index contributed by atoms with van der Waals surface area (Å²) in [6.07, 6.45) is 4.89. The van der Waals surface area contributed by atoms with Gasteiger partial charge in [0.05, 0.1) is 34.4 Å². The molecule has 6 nitrogen and oxygen atoms in total. The van der Waals surface area contributed by atoms with Crippen LogP contribution < -0.4 is 20.2 Å². The average molecular weight is 490 g/mol. The van der Waals surface area contributed by atoms with Crippen LogP contribution in [0.15, 0.2) is 92.6 Å². The molecule has 1 aliphatic heterocycles. The number of carbonyl (C=O) groups excluding carboxylic acids is 1. The Hall–Kier alpha value is -3.68. The predicted molar refractivity (Wildman–Crippen MR) is 134 cm³/mol. The van der Waals surface area contributed by atoms with E-state index in [2.05, 4.69) is 10.3 Å². The number of halogens is 1. The Balaban J connectivity index is 1.68. The second kappa shape index (κ2) is 8.93. The molecule has 0 unspecified atom stereocenters. The second-order valence-corrected chi connectivity index (χ2v) is 9.40. The average Bonchev–Trinajstić information content (AvgIpc) is 3.43. The lowest BCUT2D eigenvalue weighted by atomic mass is 9.95. The minimum absolute atomic E-state index is 0.224. The van der Waals surface area contributed by atoms with E-state index in [1.807, 2.05) is 43.3 Å². The van der Waals surface area contributed by atoms with Gasteiger partial charge in [0.1, 0.15) is 0 Å². The summed E-state index contributed by atoms with van der Waals surface area (Å²) in [4.78, 5) is 32.3. The molecule has 1 aliphatic rings. The van der Waals surface area contributed by atoms with E-state index in [0.717, 1.165) is 16.7 Å². The van der Waals surface area contributed by atoms with Crippen LogP contribution in [0.1, 0.15) is 29.7 Å². The van der Waals surface area contributed by atoms with Gasteiger partial charge < -0.3 is 9.73 Å². The number of benzene rings is 2. The van der Waals surface area contributed by atoms with Crippen molar-refractivity contribution in [3.8, 4) is 0 Å². The number of hydrogen-bond acceptors (Lipinski definition) is 5. The first-order valence-corrected chi connectivity index (χ1v) is 11.8. The monoisotopic (exact) mass is 489 g/mol. The zero-order valence-corrected chi connectivity index (χ0v) is 20.0. The summed E-state index contributed by atoms with van der Waals surface area (Å²) in [5.74, 6) is -0.306. The van der Waals surface area contributed by atoms with Crippen LogP contribution in [0.25, 0.3) is 6.08 Å². The fourth-order valence-electron chi connectivity index (χ4n) is 3.98. The number of aromatic nitrogens is 1. The van der Waals surface area contributed by atoms with E-state index in [9.17, 15) is 9.59 Å².